The molecule has 19 heavy (non-hydrogen) atoms. The minimum absolute atomic E-state index is 0.00110. The Balaban J connectivity index is 2.16. The van der Waals surface area contributed by atoms with E-state index in [1.54, 1.807) is 25.1 Å². The maximum atomic E-state index is 12.1. The van der Waals surface area contributed by atoms with Crippen LogP contribution < -0.4 is 10.6 Å². The number of nitrogens with one attached hydrogen (secondary N) is 2. The van der Waals surface area contributed by atoms with Gasteiger partial charge in [-0.1, -0.05) is 6.07 Å². The van der Waals surface area contributed by atoms with Crippen molar-refractivity contribution in [2.24, 2.45) is 5.92 Å². The quantitative estimate of drug-likeness (QED) is 0.806. The number of ether oxygens (including phenoxy) is 1. The van der Waals surface area contributed by atoms with Crippen molar-refractivity contribution < 1.29 is 14.3 Å². The molecule has 1 heterocycles. The lowest BCUT2D eigenvalue weighted by Gasteiger charge is -2.13. The van der Waals surface area contributed by atoms with Crippen molar-refractivity contribution in [1.82, 2.24) is 5.32 Å². The lowest BCUT2D eigenvalue weighted by molar-refractivity contribution is -0.119. The van der Waals surface area contributed by atoms with Crippen molar-refractivity contribution in [2.45, 2.75) is 13.3 Å². The summed E-state index contributed by atoms with van der Waals surface area (Å²) in [7, 11) is 1.34. The number of methoxy groups -OCH3 is 1. The Labute approximate surface area is 112 Å². The van der Waals surface area contributed by atoms with Gasteiger partial charge >= 0.3 is 5.97 Å². The second kappa shape index (κ2) is 5.84. The fourth-order valence-electron chi connectivity index (χ4n) is 2.22. The molecule has 102 valence electrons. The summed E-state index contributed by atoms with van der Waals surface area (Å²) in [5, 5.41) is 6.04. The van der Waals surface area contributed by atoms with Gasteiger partial charge in [-0.05, 0) is 37.6 Å². The van der Waals surface area contributed by atoms with Gasteiger partial charge in [0.05, 0.1) is 18.6 Å². The second-order valence-electron chi connectivity index (χ2n) is 4.65. The zero-order chi connectivity index (χ0) is 13.8. The summed E-state index contributed by atoms with van der Waals surface area (Å²) in [6.45, 7) is 3.38. The first-order valence-electron chi connectivity index (χ1n) is 6.33. The van der Waals surface area contributed by atoms with Gasteiger partial charge in [-0.15, -0.1) is 0 Å². The Morgan fingerprint density at radius 1 is 1.42 bits per heavy atom. The number of esters is 1. The van der Waals surface area contributed by atoms with Crippen LogP contribution in [0.15, 0.2) is 18.2 Å². The van der Waals surface area contributed by atoms with Crippen molar-refractivity contribution in [3.8, 4) is 0 Å². The number of rotatable bonds is 3. The maximum Gasteiger partial charge on any atom is 0.338 e. The molecule has 0 bridgehead atoms. The number of hydrogen-bond acceptors (Lipinski definition) is 4. The smallest absolute Gasteiger partial charge is 0.338 e. The van der Waals surface area contributed by atoms with Gasteiger partial charge in [-0.2, -0.15) is 0 Å². The standard InChI is InChI=1S/C14H18N2O3/c1-9-11(14(18)19-2)4-3-5-12(9)16-13(17)10-6-7-15-8-10/h3-5,10,15H,6-8H2,1-2H3,(H,16,17). The highest BCUT2D eigenvalue weighted by Crippen LogP contribution is 2.21. The fourth-order valence-corrected chi connectivity index (χ4v) is 2.22. The van der Waals surface area contributed by atoms with Gasteiger partial charge in [-0.3, -0.25) is 4.79 Å². The molecule has 5 heteroatoms. The van der Waals surface area contributed by atoms with E-state index in [9.17, 15) is 9.59 Å². The largest absolute Gasteiger partial charge is 0.465 e. The lowest BCUT2D eigenvalue weighted by Crippen LogP contribution is -2.25. The van der Waals surface area contributed by atoms with Crippen LogP contribution >= 0.6 is 0 Å². The molecular weight excluding hydrogens is 244 g/mol. The van der Waals surface area contributed by atoms with Crippen LogP contribution in [0.3, 0.4) is 0 Å². The summed E-state index contributed by atoms with van der Waals surface area (Å²) >= 11 is 0. The normalized spacial score (nSPS) is 18.1. The van der Waals surface area contributed by atoms with Crippen LogP contribution in [0.4, 0.5) is 5.69 Å². The van der Waals surface area contributed by atoms with Gasteiger partial charge in [0.25, 0.3) is 0 Å². The number of amides is 1. The van der Waals surface area contributed by atoms with Crippen molar-refractivity contribution in [3.63, 3.8) is 0 Å². The third kappa shape index (κ3) is 2.93. The van der Waals surface area contributed by atoms with Crippen LogP contribution in [0.1, 0.15) is 22.3 Å². The number of carbonyl (C=O) groups excluding carboxylic acids is 2. The van der Waals surface area contributed by atoms with Crippen LogP contribution in [0.25, 0.3) is 0 Å². The zero-order valence-electron chi connectivity index (χ0n) is 11.2. The summed E-state index contributed by atoms with van der Waals surface area (Å²) in [6.07, 6.45) is 0.849. The second-order valence-corrected chi connectivity index (χ2v) is 4.65. The Hall–Kier alpha value is -1.88. The molecule has 1 aliphatic heterocycles. The van der Waals surface area contributed by atoms with Gasteiger partial charge in [0.15, 0.2) is 0 Å². The molecule has 1 aromatic rings. The van der Waals surface area contributed by atoms with Crippen molar-refractivity contribution in [1.29, 1.82) is 0 Å². The van der Waals surface area contributed by atoms with E-state index in [2.05, 4.69) is 10.6 Å². The summed E-state index contributed by atoms with van der Waals surface area (Å²) < 4.78 is 4.72. The molecule has 1 atom stereocenters. The predicted octanol–water partition coefficient (Wildman–Crippen LogP) is 1.33. The molecule has 0 aromatic heterocycles. The molecule has 0 saturated carbocycles. The lowest BCUT2D eigenvalue weighted by atomic mass is 10.0. The monoisotopic (exact) mass is 262 g/mol. The Kier molecular flexibility index (Phi) is 4.16. The highest BCUT2D eigenvalue weighted by atomic mass is 16.5. The van der Waals surface area contributed by atoms with Gasteiger partial charge in [0.2, 0.25) is 5.91 Å². The van der Waals surface area contributed by atoms with Crippen LogP contribution in [0, 0.1) is 12.8 Å². The number of anilines is 1. The molecule has 0 aliphatic carbocycles. The fraction of sp³-hybridized carbons (Fsp3) is 0.429. The third-order valence-electron chi connectivity index (χ3n) is 3.43. The highest BCUT2D eigenvalue weighted by molar-refractivity contribution is 5.97. The molecule has 1 fully saturated rings. The summed E-state index contributed by atoms with van der Waals surface area (Å²) in [5.74, 6) is -0.396. The Morgan fingerprint density at radius 3 is 2.84 bits per heavy atom. The molecule has 1 aromatic carbocycles. The number of benzene rings is 1. The third-order valence-corrected chi connectivity index (χ3v) is 3.43. The van der Waals surface area contributed by atoms with Gasteiger partial charge < -0.3 is 15.4 Å². The van der Waals surface area contributed by atoms with E-state index >= 15 is 0 Å². The number of carbonyl (C=O) groups is 2. The zero-order valence-corrected chi connectivity index (χ0v) is 11.2. The van der Waals surface area contributed by atoms with Gasteiger partial charge in [0, 0.05) is 12.2 Å². The van der Waals surface area contributed by atoms with Crippen LogP contribution in [0.5, 0.6) is 0 Å². The first-order chi connectivity index (χ1) is 9.13. The molecular formula is C14H18N2O3. The Bertz CT molecular complexity index is 493. The van der Waals surface area contributed by atoms with E-state index in [0.29, 0.717) is 17.8 Å². The molecule has 2 N–H and O–H groups in total. The topological polar surface area (TPSA) is 67.4 Å². The maximum absolute atomic E-state index is 12.1. The van der Waals surface area contributed by atoms with Crippen molar-refractivity contribution >= 4 is 17.6 Å². The summed E-state index contributed by atoms with van der Waals surface area (Å²) in [4.78, 5) is 23.6. The SMILES string of the molecule is COC(=O)c1cccc(NC(=O)C2CCNC2)c1C. The highest BCUT2D eigenvalue weighted by Gasteiger charge is 2.23. The minimum atomic E-state index is -0.392. The molecule has 1 saturated heterocycles. The van der Waals surface area contributed by atoms with Crippen LogP contribution in [-0.4, -0.2) is 32.1 Å². The molecule has 1 amide bonds. The van der Waals surface area contributed by atoms with E-state index in [4.69, 9.17) is 4.74 Å². The minimum Gasteiger partial charge on any atom is -0.465 e. The first kappa shape index (κ1) is 13.5. The van der Waals surface area contributed by atoms with E-state index in [-0.39, 0.29) is 11.8 Å². The van der Waals surface area contributed by atoms with E-state index < -0.39 is 5.97 Å². The van der Waals surface area contributed by atoms with Crippen molar-refractivity contribution in [3.05, 3.63) is 29.3 Å². The molecule has 0 spiro atoms. The Morgan fingerprint density at radius 2 is 2.21 bits per heavy atom. The number of hydrogen-bond donors (Lipinski definition) is 2. The van der Waals surface area contributed by atoms with Gasteiger partial charge in [0.1, 0.15) is 0 Å². The molecule has 2 rings (SSSR count). The molecule has 5 nitrogen and oxygen atoms in total. The average Bonchev–Trinajstić information content (AvgIpc) is 2.94. The predicted molar refractivity (Wildman–Crippen MR) is 72.1 cm³/mol. The van der Waals surface area contributed by atoms with E-state index in [1.807, 2.05) is 0 Å². The summed E-state index contributed by atoms with van der Waals surface area (Å²) in [5.41, 5.74) is 1.87. The van der Waals surface area contributed by atoms with Gasteiger partial charge in [-0.25, -0.2) is 4.79 Å². The average molecular weight is 262 g/mol. The van der Waals surface area contributed by atoms with Crippen LogP contribution in [0.2, 0.25) is 0 Å². The molecule has 1 unspecified atom stereocenters. The molecule has 1 aliphatic rings. The van der Waals surface area contributed by atoms with Crippen LogP contribution in [-0.2, 0) is 9.53 Å². The first-order valence-corrected chi connectivity index (χ1v) is 6.33. The molecule has 0 radical (unpaired) electrons. The van der Waals surface area contributed by atoms with E-state index in [1.165, 1.54) is 7.11 Å². The summed E-state index contributed by atoms with van der Waals surface area (Å²) in [6, 6.07) is 5.22. The van der Waals surface area contributed by atoms with Crippen molar-refractivity contribution in [2.75, 3.05) is 25.5 Å². The van der Waals surface area contributed by atoms with E-state index in [0.717, 1.165) is 18.5 Å².